The first-order valence-corrected chi connectivity index (χ1v) is 5.30. The van der Waals surface area contributed by atoms with Crippen molar-refractivity contribution in [2.75, 3.05) is 6.61 Å². The molecule has 1 fully saturated rings. The van der Waals surface area contributed by atoms with Crippen molar-refractivity contribution in [3.63, 3.8) is 0 Å². The van der Waals surface area contributed by atoms with Gasteiger partial charge in [-0.2, -0.15) is 0 Å². The number of nitrogens with zero attached hydrogens (tertiary/aromatic N) is 1. The van der Waals surface area contributed by atoms with Gasteiger partial charge < -0.3 is 9.15 Å². The first kappa shape index (κ1) is 9.99. The van der Waals surface area contributed by atoms with Gasteiger partial charge in [0.05, 0.1) is 6.20 Å². The summed E-state index contributed by atoms with van der Waals surface area (Å²) in [7, 11) is 0. The highest BCUT2D eigenvalue weighted by atomic mass is 35.5. The molecule has 1 aliphatic heterocycles. The molecule has 0 aromatic carbocycles. The van der Waals surface area contributed by atoms with Gasteiger partial charge in [-0.05, 0) is 26.7 Å². The van der Waals surface area contributed by atoms with Crippen molar-refractivity contribution in [1.82, 2.24) is 4.98 Å². The lowest BCUT2D eigenvalue weighted by atomic mass is 10.0. The van der Waals surface area contributed by atoms with Crippen molar-refractivity contribution in [3.8, 4) is 0 Å². The number of oxazole rings is 1. The maximum absolute atomic E-state index is 5.87. The summed E-state index contributed by atoms with van der Waals surface area (Å²) in [6.45, 7) is 4.67. The summed E-state index contributed by atoms with van der Waals surface area (Å²) in [6, 6.07) is 0. The first-order valence-electron chi connectivity index (χ1n) is 4.86. The second kappa shape index (κ2) is 3.55. The SMILES string of the molecule is CC(Cl)c1ncc(C2(C)CCCO2)o1. The van der Waals surface area contributed by atoms with Gasteiger partial charge in [0.2, 0.25) is 5.89 Å². The van der Waals surface area contributed by atoms with Gasteiger partial charge in [-0.25, -0.2) is 4.98 Å². The van der Waals surface area contributed by atoms with Crippen LogP contribution in [0.15, 0.2) is 10.6 Å². The van der Waals surface area contributed by atoms with Crippen LogP contribution >= 0.6 is 11.6 Å². The minimum absolute atomic E-state index is 0.186. The zero-order valence-electron chi connectivity index (χ0n) is 8.42. The average molecular weight is 216 g/mol. The highest BCUT2D eigenvalue weighted by molar-refractivity contribution is 6.20. The average Bonchev–Trinajstić information content (AvgIpc) is 2.71. The Morgan fingerprint density at radius 3 is 2.93 bits per heavy atom. The van der Waals surface area contributed by atoms with E-state index in [1.165, 1.54) is 0 Å². The Balaban J connectivity index is 2.23. The molecule has 0 N–H and O–H groups in total. The van der Waals surface area contributed by atoms with Gasteiger partial charge in [0.15, 0.2) is 5.76 Å². The monoisotopic (exact) mass is 215 g/mol. The van der Waals surface area contributed by atoms with E-state index in [4.69, 9.17) is 20.8 Å². The van der Waals surface area contributed by atoms with E-state index >= 15 is 0 Å². The molecule has 3 nitrogen and oxygen atoms in total. The molecular formula is C10H14ClNO2. The van der Waals surface area contributed by atoms with Crippen LogP contribution in [0.3, 0.4) is 0 Å². The molecule has 2 rings (SSSR count). The quantitative estimate of drug-likeness (QED) is 0.712. The second-order valence-corrected chi connectivity index (χ2v) is 4.52. The van der Waals surface area contributed by atoms with Crippen LogP contribution in [0.2, 0.25) is 0 Å². The third-order valence-corrected chi connectivity index (χ3v) is 2.79. The van der Waals surface area contributed by atoms with Crippen molar-refractivity contribution in [3.05, 3.63) is 17.8 Å². The molecule has 0 bridgehead atoms. The molecule has 0 amide bonds. The number of halogens is 1. The molecule has 4 heteroatoms. The van der Waals surface area contributed by atoms with E-state index < -0.39 is 0 Å². The molecule has 1 aromatic heterocycles. The standard InChI is InChI=1S/C10H14ClNO2/c1-7(11)9-12-6-8(14-9)10(2)4-3-5-13-10/h6-7H,3-5H2,1-2H3. The second-order valence-electron chi connectivity index (χ2n) is 3.86. The molecule has 0 aliphatic carbocycles. The predicted octanol–water partition coefficient (Wildman–Crippen LogP) is 3.00. The number of ether oxygens (including phenoxy) is 1. The fraction of sp³-hybridized carbons (Fsp3) is 0.700. The Hall–Kier alpha value is -0.540. The first-order chi connectivity index (χ1) is 6.62. The Bertz CT molecular complexity index is 316. The van der Waals surface area contributed by atoms with E-state index in [9.17, 15) is 0 Å². The number of alkyl halides is 1. The smallest absolute Gasteiger partial charge is 0.212 e. The van der Waals surface area contributed by atoms with E-state index in [-0.39, 0.29) is 11.0 Å². The van der Waals surface area contributed by atoms with Gasteiger partial charge >= 0.3 is 0 Å². The molecule has 1 saturated heterocycles. The summed E-state index contributed by atoms with van der Waals surface area (Å²) < 4.78 is 11.2. The molecule has 2 atom stereocenters. The normalized spacial score (nSPS) is 29.4. The van der Waals surface area contributed by atoms with Crippen LogP contribution in [0.4, 0.5) is 0 Å². The minimum atomic E-state index is -0.295. The largest absolute Gasteiger partial charge is 0.441 e. The summed E-state index contributed by atoms with van der Waals surface area (Å²) in [4.78, 5) is 4.13. The summed E-state index contributed by atoms with van der Waals surface area (Å²) in [6.07, 6.45) is 3.78. The maximum atomic E-state index is 5.87. The van der Waals surface area contributed by atoms with Gasteiger partial charge in [0.1, 0.15) is 11.0 Å². The Morgan fingerprint density at radius 1 is 1.64 bits per heavy atom. The van der Waals surface area contributed by atoms with Gasteiger partial charge in [-0.15, -0.1) is 11.6 Å². The van der Waals surface area contributed by atoms with Crippen LogP contribution in [-0.2, 0) is 10.3 Å². The Morgan fingerprint density at radius 2 is 2.43 bits per heavy atom. The van der Waals surface area contributed by atoms with E-state index in [0.29, 0.717) is 5.89 Å². The molecule has 2 heterocycles. The van der Waals surface area contributed by atoms with Crippen molar-refractivity contribution in [2.24, 2.45) is 0 Å². The molecule has 78 valence electrons. The molecule has 0 spiro atoms. The van der Waals surface area contributed by atoms with E-state index in [0.717, 1.165) is 25.2 Å². The molecule has 1 aliphatic rings. The number of rotatable bonds is 2. The van der Waals surface area contributed by atoms with E-state index in [1.807, 2.05) is 13.8 Å². The fourth-order valence-corrected chi connectivity index (χ4v) is 1.79. The lowest BCUT2D eigenvalue weighted by Crippen LogP contribution is -2.18. The van der Waals surface area contributed by atoms with Crippen LogP contribution < -0.4 is 0 Å². The van der Waals surface area contributed by atoms with Gasteiger partial charge in [0.25, 0.3) is 0 Å². The lowest BCUT2D eigenvalue weighted by Gasteiger charge is -2.19. The van der Waals surface area contributed by atoms with Crippen LogP contribution in [0.25, 0.3) is 0 Å². The Labute approximate surface area is 88.4 Å². The molecule has 1 aromatic rings. The molecular weight excluding hydrogens is 202 g/mol. The van der Waals surface area contributed by atoms with Gasteiger partial charge in [-0.3, -0.25) is 0 Å². The topological polar surface area (TPSA) is 35.3 Å². The third kappa shape index (κ3) is 1.66. The highest BCUT2D eigenvalue weighted by Gasteiger charge is 2.35. The predicted molar refractivity (Wildman–Crippen MR) is 53.3 cm³/mol. The summed E-state index contributed by atoms with van der Waals surface area (Å²) in [5.74, 6) is 1.36. The minimum Gasteiger partial charge on any atom is -0.441 e. The fourth-order valence-electron chi connectivity index (χ4n) is 1.69. The highest BCUT2D eigenvalue weighted by Crippen LogP contribution is 2.36. The maximum Gasteiger partial charge on any atom is 0.212 e. The van der Waals surface area contributed by atoms with Gasteiger partial charge in [0, 0.05) is 6.61 Å². The van der Waals surface area contributed by atoms with Crippen molar-refractivity contribution >= 4 is 11.6 Å². The van der Waals surface area contributed by atoms with Crippen LogP contribution in [0, 0.1) is 0 Å². The van der Waals surface area contributed by atoms with Crippen molar-refractivity contribution in [1.29, 1.82) is 0 Å². The lowest BCUT2D eigenvalue weighted by molar-refractivity contribution is -0.00163. The summed E-state index contributed by atoms with van der Waals surface area (Å²) >= 11 is 5.87. The zero-order valence-corrected chi connectivity index (χ0v) is 9.17. The number of aromatic nitrogens is 1. The molecule has 2 unspecified atom stereocenters. The van der Waals surface area contributed by atoms with Crippen LogP contribution in [0.5, 0.6) is 0 Å². The molecule has 14 heavy (non-hydrogen) atoms. The van der Waals surface area contributed by atoms with Gasteiger partial charge in [-0.1, -0.05) is 0 Å². The van der Waals surface area contributed by atoms with E-state index in [1.54, 1.807) is 6.20 Å². The van der Waals surface area contributed by atoms with Crippen molar-refractivity contribution in [2.45, 2.75) is 37.7 Å². The summed E-state index contributed by atoms with van der Waals surface area (Å²) in [5, 5.41) is -0.186. The zero-order chi connectivity index (χ0) is 10.2. The number of hydrogen-bond acceptors (Lipinski definition) is 3. The molecule has 0 saturated carbocycles. The van der Waals surface area contributed by atoms with Crippen LogP contribution in [0.1, 0.15) is 43.7 Å². The van der Waals surface area contributed by atoms with Crippen LogP contribution in [-0.4, -0.2) is 11.6 Å². The van der Waals surface area contributed by atoms with Crippen molar-refractivity contribution < 1.29 is 9.15 Å². The molecule has 0 radical (unpaired) electrons. The van der Waals surface area contributed by atoms with E-state index in [2.05, 4.69) is 4.98 Å². The summed E-state index contributed by atoms with van der Waals surface area (Å²) in [5.41, 5.74) is -0.295. The third-order valence-electron chi connectivity index (χ3n) is 2.60. The number of hydrogen-bond donors (Lipinski definition) is 0. The Kier molecular flexibility index (Phi) is 2.54.